The molecular weight excluding hydrogens is 362 g/mol. The van der Waals surface area contributed by atoms with Crippen LogP contribution in [0.3, 0.4) is 0 Å². The van der Waals surface area contributed by atoms with E-state index >= 15 is 0 Å². The zero-order valence-electron chi connectivity index (χ0n) is 17.1. The molecule has 0 saturated carbocycles. The van der Waals surface area contributed by atoms with Crippen LogP contribution in [0.1, 0.15) is 42.0 Å². The van der Waals surface area contributed by atoms with Crippen molar-refractivity contribution in [2.75, 3.05) is 31.5 Å². The minimum absolute atomic E-state index is 0.0774. The fourth-order valence-corrected chi connectivity index (χ4v) is 4.47. The zero-order chi connectivity index (χ0) is 20.2. The number of anilines is 1. The molecule has 2 aromatic carbocycles. The van der Waals surface area contributed by atoms with Gasteiger partial charge >= 0.3 is 0 Å². The molecule has 1 atom stereocenters. The number of hydrogen-bond acceptors (Lipinski definition) is 3. The second-order valence-corrected chi connectivity index (χ2v) is 8.13. The standard InChI is InChI=1S/C24H29N3O2/c1-18-8-7-10-20(16-18)25-22(28)17-27-15-12-19-9-3-4-11-21(19)23(27)24(29)26-13-5-2-6-14-26/h3-4,7-11,16,23H,2,5-6,12-15,17H2,1H3,(H,25,28). The summed E-state index contributed by atoms with van der Waals surface area (Å²) < 4.78 is 0. The number of rotatable bonds is 4. The average Bonchev–Trinajstić information content (AvgIpc) is 2.74. The summed E-state index contributed by atoms with van der Waals surface area (Å²) in [7, 11) is 0. The Hall–Kier alpha value is -2.66. The van der Waals surface area contributed by atoms with E-state index in [1.807, 2.05) is 59.2 Å². The normalized spacial score (nSPS) is 19.5. The minimum atomic E-state index is -0.374. The minimum Gasteiger partial charge on any atom is -0.341 e. The van der Waals surface area contributed by atoms with Gasteiger partial charge in [0.1, 0.15) is 6.04 Å². The molecule has 2 aliphatic rings. The number of carbonyl (C=O) groups is 2. The summed E-state index contributed by atoms with van der Waals surface area (Å²) in [5, 5.41) is 2.99. The van der Waals surface area contributed by atoms with E-state index in [1.54, 1.807) is 0 Å². The topological polar surface area (TPSA) is 52.7 Å². The van der Waals surface area contributed by atoms with Gasteiger partial charge in [-0.25, -0.2) is 0 Å². The highest BCUT2D eigenvalue weighted by molar-refractivity contribution is 5.93. The van der Waals surface area contributed by atoms with E-state index in [1.165, 1.54) is 12.0 Å². The van der Waals surface area contributed by atoms with Gasteiger partial charge in [-0.05, 0) is 61.4 Å². The number of likely N-dealkylation sites (tertiary alicyclic amines) is 1. The lowest BCUT2D eigenvalue weighted by molar-refractivity contribution is -0.139. The summed E-state index contributed by atoms with van der Waals surface area (Å²) in [5.74, 6) is 0.0617. The van der Waals surface area contributed by atoms with Gasteiger partial charge in [0, 0.05) is 25.3 Å². The predicted octanol–water partition coefficient (Wildman–Crippen LogP) is 3.55. The van der Waals surface area contributed by atoms with E-state index < -0.39 is 0 Å². The summed E-state index contributed by atoms with van der Waals surface area (Å²) >= 11 is 0. The quantitative estimate of drug-likeness (QED) is 0.867. The molecule has 0 aliphatic carbocycles. The van der Waals surface area contributed by atoms with Gasteiger partial charge in [0.15, 0.2) is 0 Å². The molecular formula is C24H29N3O2. The van der Waals surface area contributed by atoms with Crippen LogP contribution in [0.5, 0.6) is 0 Å². The Labute approximate surface area is 172 Å². The van der Waals surface area contributed by atoms with Crippen LogP contribution in [-0.4, -0.2) is 47.8 Å². The first kappa shape index (κ1) is 19.6. The predicted molar refractivity (Wildman–Crippen MR) is 115 cm³/mol. The van der Waals surface area contributed by atoms with Crippen molar-refractivity contribution in [2.24, 2.45) is 0 Å². The Morgan fingerprint density at radius 1 is 1.00 bits per heavy atom. The first-order valence-corrected chi connectivity index (χ1v) is 10.6. The first-order valence-electron chi connectivity index (χ1n) is 10.6. The Bertz CT molecular complexity index is 889. The number of nitrogens with zero attached hydrogens (tertiary/aromatic N) is 2. The number of fused-ring (bicyclic) bond motifs is 1. The van der Waals surface area contributed by atoms with Crippen molar-refractivity contribution >= 4 is 17.5 Å². The van der Waals surface area contributed by atoms with Gasteiger partial charge in [0.05, 0.1) is 6.54 Å². The maximum atomic E-state index is 13.5. The van der Waals surface area contributed by atoms with E-state index in [0.717, 1.165) is 49.2 Å². The molecule has 1 N–H and O–H groups in total. The fourth-order valence-electron chi connectivity index (χ4n) is 4.47. The number of benzene rings is 2. The summed E-state index contributed by atoms with van der Waals surface area (Å²) in [6.07, 6.45) is 4.17. The van der Waals surface area contributed by atoms with E-state index in [2.05, 4.69) is 11.4 Å². The monoisotopic (exact) mass is 391 g/mol. The van der Waals surface area contributed by atoms with Crippen LogP contribution in [-0.2, 0) is 16.0 Å². The van der Waals surface area contributed by atoms with Crippen molar-refractivity contribution in [3.05, 3.63) is 65.2 Å². The van der Waals surface area contributed by atoms with Gasteiger partial charge in [-0.15, -0.1) is 0 Å². The Kier molecular flexibility index (Phi) is 5.95. The summed E-state index contributed by atoms with van der Waals surface area (Å²) in [6, 6.07) is 15.6. The van der Waals surface area contributed by atoms with Crippen molar-refractivity contribution in [2.45, 2.75) is 38.6 Å². The van der Waals surface area contributed by atoms with Crippen molar-refractivity contribution in [1.82, 2.24) is 9.80 Å². The molecule has 5 nitrogen and oxygen atoms in total. The van der Waals surface area contributed by atoms with Gasteiger partial charge in [0.2, 0.25) is 11.8 Å². The van der Waals surface area contributed by atoms with E-state index in [-0.39, 0.29) is 24.4 Å². The summed E-state index contributed by atoms with van der Waals surface area (Å²) in [4.78, 5) is 30.3. The molecule has 0 radical (unpaired) electrons. The molecule has 29 heavy (non-hydrogen) atoms. The number of nitrogens with one attached hydrogen (secondary N) is 1. The van der Waals surface area contributed by atoms with Crippen LogP contribution in [0.15, 0.2) is 48.5 Å². The van der Waals surface area contributed by atoms with Crippen LogP contribution in [0.2, 0.25) is 0 Å². The van der Waals surface area contributed by atoms with Crippen LogP contribution in [0.25, 0.3) is 0 Å². The largest absolute Gasteiger partial charge is 0.341 e. The van der Waals surface area contributed by atoms with Crippen LogP contribution in [0, 0.1) is 6.92 Å². The summed E-state index contributed by atoms with van der Waals surface area (Å²) in [6.45, 7) is 4.57. The molecule has 0 spiro atoms. The molecule has 2 aliphatic heterocycles. The smallest absolute Gasteiger partial charge is 0.244 e. The number of carbonyl (C=O) groups excluding carboxylic acids is 2. The highest BCUT2D eigenvalue weighted by Crippen LogP contribution is 2.32. The Morgan fingerprint density at radius 3 is 2.59 bits per heavy atom. The number of amides is 2. The van der Waals surface area contributed by atoms with Crippen molar-refractivity contribution < 1.29 is 9.59 Å². The van der Waals surface area contributed by atoms with Gasteiger partial charge in [0.25, 0.3) is 0 Å². The molecule has 0 bridgehead atoms. The van der Waals surface area contributed by atoms with Gasteiger partial charge in [-0.3, -0.25) is 14.5 Å². The third-order valence-corrected chi connectivity index (χ3v) is 5.93. The van der Waals surface area contributed by atoms with E-state index in [9.17, 15) is 9.59 Å². The lowest BCUT2D eigenvalue weighted by Crippen LogP contribution is -2.49. The second-order valence-electron chi connectivity index (χ2n) is 8.13. The van der Waals surface area contributed by atoms with Crippen LogP contribution in [0.4, 0.5) is 5.69 Å². The number of aryl methyl sites for hydroxylation is 1. The molecule has 0 aromatic heterocycles. The number of piperidine rings is 1. The lowest BCUT2D eigenvalue weighted by Gasteiger charge is -2.39. The average molecular weight is 392 g/mol. The molecule has 1 fully saturated rings. The summed E-state index contributed by atoms with van der Waals surface area (Å²) in [5.41, 5.74) is 4.18. The van der Waals surface area contributed by atoms with Crippen molar-refractivity contribution in [3.63, 3.8) is 0 Å². The third-order valence-electron chi connectivity index (χ3n) is 5.93. The SMILES string of the molecule is Cc1cccc(NC(=O)CN2CCc3ccccc3C2C(=O)N2CCCCC2)c1. The molecule has 4 rings (SSSR count). The lowest BCUT2D eigenvalue weighted by atomic mass is 9.91. The Morgan fingerprint density at radius 2 is 1.79 bits per heavy atom. The molecule has 2 aromatic rings. The fraction of sp³-hybridized carbons (Fsp3) is 0.417. The maximum Gasteiger partial charge on any atom is 0.244 e. The highest BCUT2D eigenvalue weighted by atomic mass is 16.2. The first-order chi connectivity index (χ1) is 14.1. The van der Waals surface area contributed by atoms with E-state index in [0.29, 0.717) is 6.54 Å². The molecule has 2 amide bonds. The van der Waals surface area contributed by atoms with Crippen LogP contribution < -0.4 is 5.32 Å². The molecule has 2 heterocycles. The van der Waals surface area contributed by atoms with Crippen molar-refractivity contribution in [3.8, 4) is 0 Å². The molecule has 152 valence electrons. The van der Waals surface area contributed by atoms with Gasteiger partial charge < -0.3 is 10.2 Å². The van der Waals surface area contributed by atoms with E-state index in [4.69, 9.17) is 0 Å². The van der Waals surface area contributed by atoms with Crippen LogP contribution >= 0.6 is 0 Å². The zero-order valence-corrected chi connectivity index (χ0v) is 17.1. The van der Waals surface area contributed by atoms with Crippen molar-refractivity contribution in [1.29, 1.82) is 0 Å². The molecule has 5 heteroatoms. The van der Waals surface area contributed by atoms with Gasteiger partial charge in [-0.2, -0.15) is 0 Å². The molecule has 1 unspecified atom stereocenters. The maximum absolute atomic E-state index is 13.5. The number of hydrogen-bond donors (Lipinski definition) is 1. The second kappa shape index (κ2) is 8.78. The third kappa shape index (κ3) is 4.51. The molecule has 1 saturated heterocycles. The highest BCUT2D eigenvalue weighted by Gasteiger charge is 2.36. The Balaban J connectivity index is 1.54. The van der Waals surface area contributed by atoms with Gasteiger partial charge in [-0.1, -0.05) is 36.4 Å².